The first-order chi connectivity index (χ1) is 11.2. The van der Waals surface area contributed by atoms with Crippen molar-refractivity contribution in [2.45, 2.75) is 13.1 Å². The van der Waals surface area contributed by atoms with E-state index in [2.05, 4.69) is 41.7 Å². The number of benzene rings is 3. The molecule has 0 atom stereocenters. The minimum Gasteiger partial charge on any atom is -0.508 e. The van der Waals surface area contributed by atoms with Gasteiger partial charge in [0, 0.05) is 24.7 Å². The maximum atomic E-state index is 9.78. The Bertz CT molecular complexity index is 785. The summed E-state index contributed by atoms with van der Waals surface area (Å²) in [6.45, 7) is 1.25. The van der Waals surface area contributed by atoms with Gasteiger partial charge in [0.1, 0.15) is 11.5 Å². The zero-order valence-corrected chi connectivity index (χ0v) is 12.7. The number of hydrogen-bond acceptors (Lipinski definition) is 3. The third kappa shape index (κ3) is 3.90. The fraction of sp³-hybridized carbons (Fsp3) is 0.100. The lowest BCUT2D eigenvalue weighted by molar-refractivity contribution is 0.443. The van der Waals surface area contributed by atoms with Crippen molar-refractivity contribution in [1.29, 1.82) is 0 Å². The van der Waals surface area contributed by atoms with Gasteiger partial charge in [-0.25, -0.2) is 0 Å². The molecule has 0 saturated heterocycles. The summed E-state index contributed by atoms with van der Waals surface area (Å²) in [6.07, 6.45) is 0. The van der Waals surface area contributed by atoms with E-state index < -0.39 is 0 Å². The number of rotatable bonds is 5. The van der Waals surface area contributed by atoms with Gasteiger partial charge in [-0.1, -0.05) is 54.6 Å². The maximum absolute atomic E-state index is 9.78. The van der Waals surface area contributed by atoms with Crippen LogP contribution in [0.2, 0.25) is 0 Å². The van der Waals surface area contributed by atoms with E-state index >= 15 is 0 Å². The molecule has 0 saturated carbocycles. The molecule has 0 unspecified atom stereocenters. The Balaban J connectivity index is 1.65. The van der Waals surface area contributed by atoms with Gasteiger partial charge in [0.05, 0.1) is 0 Å². The Kier molecular flexibility index (Phi) is 4.60. The minimum absolute atomic E-state index is 0.0711. The second kappa shape index (κ2) is 6.99. The van der Waals surface area contributed by atoms with Gasteiger partial charge in [-0.2, -0.15) is 0 Å². The van der Waals surface area contributed by atoms with E-state index in [0.717, 1.165) is 5.56 Å². The van der Waals surface area contributed by atoms with E-state index in [0.29, 0.717) is 13.1 Å². The fourth-order valence-corrected chi connectivity index (χ4v) is 2.53. The highest BCUT2D eigenvalue weighted by Crippen LogP contribution is 2.23. The van der Waals surface area contributed by atoms with Crippen LogP contribution >= 0.6 is 0 Å². The lowest BCUT2D eigenvalue weighted by atomic mass is 10.0. The van der Waals surface area contributed by atoms with Gasteiger partial charge in [-0.05, 0) is 28.8 Å². The molecular formula is C20H19NO2. The summed E-state index contributed by atoms with van der Waals surface area (Å²) >= 11 is 0. The molecule has 116 valence electrons. The number of phenols is 2. The summed E-state index contributed by atoms with van der Waals surface area (Å²) in [4.78, 5) is 0. The predicted molar refractivity (Wildman–Crippen MR) is 92.2 cm³/mol. The van der Waals surface area contributed by atoms with E-state index in [-0.39, 0.29) is 11.5 Å². The maximum Gasteiger partial charge on any atom is 0.123 e. The fourth-order valence-electron chi connectivity index (χ4n) is 2.53. The zero-order valence-electron chi connectivity index (χ0n) is 12.7. The third-order valence-electron chi connectivity index (χ3n) is 3.75. The van der Waals surface area contributed by atoms with E-state index in [9.17, 15) is 10.2 Å². The van der Waals surface area contributed by atoms with Crippen LogP contribution < -0.4 is 5.32 Å². The predicted octanol–water partition coefficient (Wildman–Crippen LogP) is 4.05. The summed E-state index contributed by atoms with van der Waals surface area (Å²) < 4.78 is 0. The lowest BCUT2D eigenvalue weighted by Gasteiger charge is -2.09. The molecule has 0 fully saturated rings. The lowest BCUT2D eigenvalue weighted by Crippen LogP contribution is -2.12. The molecule has 3 nitrogen and oxygen atoms in total. The van der Waals surface area contributed by atoms with Crippen LogP contribution in [-0.2, 0) is 13.1 Å². The van der Waals surface area contributed by atoms with Crippen molar-refractivity contribution in [3.05, 3.63) is 83.9 Å². The van der Waals surface area contributed by atoms with Gasteiger partial charge in [0.15, 0.2) is 0 Å². The number of hydrogen-bond donors (Lipinski definition) is 3. The first-order valence-electron chi connectivity index (χ1n) is 7.58. The Morgan fingerprint density at radius 1 is 0.696 bits per heavy atom. The van der Waals surface area contributed by atoms with Crippen LogP contribution in [0, 0.1) is 0 Å². The largest absolute Gasteiger partial charge is 0.508 e. The van der Waals surface area contributed by atoms with Crippen molar-refractivity contribution in [1.82, 2.24) is 5.32 Å². The highest BCUT2D eigenvalue weighted by atomic mass is 16.3. The first kappa shape index (κ1) is 15.1. The second-order valence-electron chi connectivity index (χ2n) is 5.48. The Morgan fingerprint density at radius 2 is 1.48 bits per heavy atom. The first-order valence-corrected chi connectivity index (χ1v) is 7.58. The molecule has 23 heavy (non-hydrogen) atoms. The molecular weight excluding hydrogens is 286 g/mol. The average Bonchev–Trinajstić information content (AvgIpc) is 2.58. The average molecular weight is 305 g/mol. The van der Waals surface area contributed by atoms with Crippen molar-refractivity contribution in [3.63, 3.8) is 0 Å². The SMILES string of the molecule is Oc1ccc(CNCc2cccc(-c3ccccc3)c2)c(O)c1. The van der Waals surface area contributed by atoms with Crippen LogP contribution in [0.1, 0.15) is 11.1 Å². The van der Waals surface area contributed by atoms with E-state index in [1.807, 2.05) is 18.2 Å². The Morgan fingerprint density at radius 3 is 2.26 bits per heavy atom. The molecule has 0 spiro atoms. The number of phenolic OH excluding ortho intramolecular Hbond substituents is 2. The molecule has 0 amide bonds. The van der Waals surface area contributed by atoms with Crippen LogP contribution in [0.25, 0.3) is 11.1 Å². The molecule has 3 rings (SSSR count). The van der Waals surface area contributed by atoms with Gasteiger partial charge in [0.2, 0.25) is 0 Å². The molecule has 0 aliphatic heterocycles. The van der Waals surface area contributed by atoms with E-state index in [1.54, 1.807) is 12.1 Å². The Hall–Kier alpha value is -2.78. The van der Waals surface area contributed by atoms with Crippen molar-refractivity contribution >= 4 is 0 Å². The van der Waals surface area contributed by atoms with Crippen LogP contribution in [0.5, 0.6) is 11.5 Å². The number of nitrogens with one attached hydrogen (secondary N) is 1. The molecule has 0 aromatic heterocycles. The molecule has 0 heterocycles. The van der Waals surface area contributed by atoms with Gasteiger partial charge in [-0.15, -0.1) is 0 Å². The van der Waals surface area contributed by atoms with Crippen LogP contribution in [0.15, 0.2) is 72.8 Å². The molecule has 3 aromatic carbocycles. The summed E-state index contributed by atoms with van der Waals surface area (Å²) in [6, 6.07) is 23.3. The van der Waals surface area contributed by atoms with Crippen molar-refractivity contribution < 1.29 is 10.2 Å². The standard InChI is InChI=1S/C20H19NO2/c22-19-10-9-18(20(23)12-19)14-21-13-15-5-4-8-17(11-15)16-6-2-1-3-7-16/h1-12,21-23H,13-14H2. The highest BCUT2D eigenvalue weighted by molar-refractivity contribution is 5.63. The van der Waals surface area contributed by atoms with E-state index in [4.69, 9.17) is 0 Å². The van der Waals surface area contributed by atoms with Crippen LogP contribution in [0.3, 0.4) is 0 Å². The van der Waals surface area contributed by atoms with Gasteiger partial charge in [0.25, 0.3) is 0 Å². The monoisotopic (exact) mass is 305 g/mol. The minimum atomic E-state index is 0.0711. The van der Waals surface area contributed by atoms with Crippen LogP contribution in [0.4, 0.5) is 0 Å². The number of aromatic hydroxyl groups is 2. The third-order valence-corrected chi connectivity index (χ3v) is 3.75. The van der Waals surface area contributed by atoms with E-state index in [1.165, 1.54) is 22.8 Å². The normalized spacial score (nSPS) is 10.6. The summed E-state index contributed by atoms with van der Waals surface area (Å²) in [5, 5.41) is 22.4. The van der Waals surface area contributed by atoms with Gasteiger partial charge >= 0.3 is 0 Å². The molecule has 3 N–H and O–H groups in total. The van der Waals surface area contributed by atoms with Crippen molar-refractivity contribution in [3.8, 4) is 22.6 Å². The van der Waals surface area contributed by atoms with Crippen molar-refractivity contribution in [2.24, 2.45) is 0 Å². The Labute approximate surface area is 135 Å². The summed E-state index contributed by atoms with van der Waals surface area (Å²) in [5.41, 5.74) is 4.34. The summed E-state index contributed by atoms with van der Waals surface area (Å²) in [7, 11) is 0. The molecule has 0 aliphatic carbocycles. The summed E-state index contributed by atoms with van der Waals surface area (Å²) in [5.74, 6) is 0.178. The molecule has 3 aromatic rings. The quantitative estimate of drug-likeness (QED) is 0.666. The zero-order chi connectivity index (χ0) is 16.1. The highest BCUT2D eigenvalue weighted by Gasteiger charge is 2.03. The van der Waals surface area contributed by atoms with Gasteiger partial charge in [-0.3, -0.25) is 0 Å². The molecule has 0 radical (unpaired) electrons. The molecule has 0 aliphatic rings. The van der Waals surface area contributed by atoms with Crippen molar-refractivity contribution in [2.75, 3.05) is 0 Å². The van der Waals surface area contributed by atoms with Gasteiger partial charge < -0.3 is 15.5 Å². The second-order valence-corrected chi connectivity index (χ2v) is 5.48. The topological polar surface area (TPSA) is 52.5 Å². The van der Waals surface area contributed by atoms with Crippen LogP contribution in [-0.4, -0.2) is 10.2 Å². The molecule has 3 heteroatoms. The smallest absolute Gasteiger partial charge is 0.123 e. The molecule has 0 bridgehead atoms.